The van der Waals surface area contributed by atoms with Crippen molar-refractivity contribution < 1.29 is 0 Å². The van der Waals surface area contributed by atoms with E-state index in [2.05, 4.69) is 178 Å². The molecule has 0 aliphatic carbocycles. The van der Waals surface area contributed by atoms with Gasteiger partial charge in [0.1, 0.15) is 0 Å². The Morgan fingerprint density at radius 3 is 0.690 bits per heavy atom. The normalized spacial score (nSPS) is 12.7. The minimum absolute atomic E-state index is 0.944. The van der Waals surface area contributed by atoms with Gasteiger partial charge in [-0.2, -0.15) is 0 Å². The largest absolute Gasteiger partial charge is 0.255 e. The van der Waals surface area contributed by atoms with Crippen molar-refractivity contribution in [2.24, 2.45) is 9.98 Å². The SMILES string of the molecule is CCCCC/C=C/CCCc1cc(N=CC(CCCC)=Nc2cc(CCC/C=C/CCCCC)c(CCC/C=C/CCCCC)c(CCC/C=C/CCCCC)c2CCC/C=C/CCCCC)c(CCC/C=C/CCCCC)c(CCC/C=C/CCCCC)c1CCC/C=C/CCCCC. The van der Waals surface area contributed by atoms with Gasteiger partial charge >= 0.3 is 0 Å². The van der Waals surface area contributed by atoms with Crippen LogP contribution in [0.25, 0.3) is 0 Å². The Morgan fingerprint density at radius 1 is 0.220 bits per heavy atom. The molecule has 0 aliphatic rings. The molecular weight excluding hydrogens is 1210 g/mol. The molecule has 0 atom stereocenters. The van der Waals surface area contributed by atoms with Gasteiger partial charge in [-0.25, -0.2) is 0 Å². The van der Waals surface area contributed by atoms with Crippen LogP contribution in [0.15, 0.2) is 119 Å². The Balaban J connectivity index is 3.23. The van der Waals surface area contributed by atoms with Crippen LogP contribution in [-0.4, -0.2) is 11.9 Å². The van der Waals surface area contributed by atoms with Crippen molar-refractivity contribution >= 4 is 23.3 Å². The minimum atomic E-state index is 0.944. The van der Waals surface area contributed by atoms with Crippen molar-refractivity contribution in [1.82, 2.24) is 0 Å². The smallest absolute Gasteiger partial charge is 0.0671 e. The van der Waals surface area contributed by atoms with Gasteiger partial charge in [-0.3, -0.25) is 9.98 Å². The van der Waals surface area contributed by atoms with E-state index in [1.54, 1.807) is 38.9 Å². The van der Waals surface area contributed by atoms with Gasteiger partial charge in [-0.05, 0) is 326 Å². The molecule has 0 heterocycles. The molecule has 2 aromatic rings. The highest BCUT2D eigenvalue weighted by Crippen LogP contribution is 2.37. The van der Waals surface area contributed by atoms with Gasteiger partial charge in [0.15, 0.2) is 0 Å². The number of aryl methyl sites for hydroxylation is 2. The number of nitrogens with zero attached hydrogens (tertiary/aromatic N) is 2. The first-order valence-electron chi connectivity index (χ1n) is 44.1. The van der Waals surface area contributed by atoms with Crippen LogP contribution in [0.1, 0.15) is 434 Å². The van der Waals surface area contributed by atoms with Crippen molar-refractivity contribution in [3.05, 3.63) is 154 Å². The first-order chi connectivity index (χ1) is 49.5. The van der Waals surface area contributed by atoms with E-state index in [1.807, 2.05) is 0 Å². The maximum Gasteiger partial charge on any atom is 0.0671 e. The summed E-state index contributed by atoms with van der Waals surface area (Å²) in [4.78, 5) is 12.0. The third-order valence-corrected chi connectivity index (χ3v) is 20.4. The summed E-state index contributed by atoms with van der Waals surface area (Å²) in [5.74, 6) is 0. The van der Waals surface area contributed by atoms with E-state index in [4.69, 9.17) is 9.98 Å². The second-order valence-electron chi connectivity index (χ2n) is 29.8. The molecule has 566 valence electrons. The quantitative estimate of drug-likeness (QED) is 0.0358. The molecule has 2 rings (SSSR count). The Labute approximate surface area is 624 Å². The van der Waals surface area contributed by atoms with Crippen LogP contribution in [0.4, 0.5) is 11.4 Å². The van der Waals surface area contributed by atoms with Crippen molar-refractivity contribution in [3.8, 4) is 0 Å². The molecule has 0 aromatic heterocycles. The maximum atomic E-state index is 6.10. The second kappa shape index (κ2) is 70.4. The van der Waals surface area contributed by atoms with Gasteiger partial charge < -0.3 is 0 Å². The van der Waals surface area contributed by atoms with Crippen LogP contribution in [-0.2, 0) is 51.4 Å². The monoisotopic (exact) mass is 1370 g/mol. The van der Waals surface area contributed by atoms with Crippen molar-refractivity contribution in [2.75, 3.05) is 0 Å². The van der Waals surface area contributed by atoms with E-state index in [1.165, 1.54) is 267 Å². The molecule has 0 spiro atoms. The third kappa shape index (κ3) is 48.6. The summed E-state index contributed by atoms with van der Waals surface area (Å²) >= 11 is 0. The van der Waals surface area contributed by atoms with Gasteiger partial charge in [-0.1, -0.05) is 269 Å². The number of hydrogen-bond donors (Lipinski definition) is 0. The summed E-state index contributed by atoms with van der Waals surface area (Å²) < 4.78 is 0. The molecule has 0 radical (unpaired) electrons. The molecule has 0 unspecified atom stereocenters. The topological polar surface area (TPSA) is 24.7 Å². The van der Waals surface area contributed by atoms with Crippen LogP contribution in [0.3, 0.4) is 0 Å². The van der Waals surface area contributed by atoms with E-state index in [9.17, 15) is 0 Å². The highest BCUT2D eigenvalue weighted by molar-refractivity contribution is 6.31. The molecular formula is C98H164N2. The molecule has 0 fully saturated rings. The number of rotatable bonds is 70. The van der Waals surface area contributed by atoms with Crippen molar-refractivity contribution in [2.45, 2.75) is 441 Å². The van der Waals surface area contributed by atoms with E-state index in [-0.39, 0.29) is 0 Å². The standard InChI is InChI=1S/C98H164N2/c1-10-19-28-36-44-52-60-68-76-88-85-97(95(83-74-66-58-50-42-34-25-16-7)93(81-72-64-56-48-40-32-23-14-5)91(88)79-70-62-54-46-38-30-21-12-3)99-87-90(78-27-18-9)100-98-86-89(77-69-61-53-45-37-29-20-11-2)92(80-71-63-55-47-39-31-22-13-4)94(82-73-65-57-49-41-33-24-15-6)96(98)84-75-67-59-51-43-35-26-17-8/h44-59,85-87H,10-43,60-84H2,1-9H3/b52-44+,53-45+,54-46+,55-47+,56-48+,57-49+,58-50+,59-51+,99-87?,100-90?. The fourth-order valence-corrected chi connectivity index (χ4v) is 14.2. The summed E-state index contributed by atoms with van der Waals surface area (Å²) in [6.45, 7) is 21.0. The van der Waals surface area contributed by atoms with Crippen LogP contribution < -0.4 is 0 Å². The van der Waals surface area contributed by atoms with Gasteiger partial charge in [0.25, 0.3) is 0 Å². The highest BCUT2D eigenvalue weighted by Gasteiger charge is 2.21. The number of benzene rings is 2. The summed E-state index contributed by atoms with van der Waals surface area (Å²) in [6.07, 6.45) is 114. The zero-order chi connectivity index (χ0) is 71.9. The molecule has 0 saturated carbocycles. The fourth-order valence-electron chi connectivity index (χ4n) is 14.2. The molecule has 0 aliphatic heterocycles. The van der Waals surface area contributed by atoms with Crippen LogP contribution in [0, 0.1) is 0 Å². The number of hydrogen-bond acceptors (Lipinski definition) is 2. The van der Waals surface area contributed by atoms with Gasteiger partial charge in [0.05, 0.1) is 17.1 Å². The van der Waals surface area contributed by atoms with Gasteiger partial charge in [-0.15, -0.1) is 0 Å². The highest BCUT2D eigenvalue weighted by atomic mass is 14.8. The van der Waals surface area contributed by atoms with Gasteiger partial charge in [0, 0.05) is 6.21 Å². The zero-order valence-corrected chi connectivity index (χ0v) is 68.1. The molecule has 100 heavy (non-hydrogen) atoms. The Morgan fingerprint density at radius 2 is 0.430 bits per heavy atom. The lowest BCUT2D eigenvalue weighted by Gasteiger charge is -2.22. The zero-order valence-electron chi connectivity index (χ0n) is 68.1. The van der Waals surface area contributed by atoms with Crippen LogP contribution in [0.2, 0.25) is 0 Å². The molecule has 2 nitrogen and oxygen atoms in total. The molecule has 0 bridgehead atoms. The van der Waals surface area contributed by atoms with Crippen LogP contribution >= 0.6 is 0 Å². The lowest BCUT2D eigenvalue weighted by Crippen LogP contribution is -2.09. The molecule has 2 heteroatoms. The lowest BCUT2D eigenvalue weighted by molar-refractivity contribution is 0.721. The Kier molecular flexibility index (Phi) is 64.6. The summed E-state index contributed by atoms with van der Waals surface area (Å²) in [5, 5.41) is 0. The third-order valence-electron chi connectivity index (χ3n) is 20.4. The molecule has 0 saturated heterocycles. The predicted molar refractivity (Wildman–Crippen MR) is 457 cm³/mol. The molecule has 0 amide bonds. The molecule has 2 aromatic carbocycles. The van der Waals surface area contributed by atoms with E-state index < -0.39 is 0 Å². The minimum Gasteiger partial charge on any atom is -0.255 e. The number of aliphatic imine (C=N–C) groups is 2. The number of unbranched alkanes of at least 4 members (excludes halogenated alkanes) is 33. The predicted octanol–water partition coefficient (Wildman–Crippen LogP) is 33.0. The summed E-state index contributed by atoms with van der Waals surface area (Å²) in [5.41, 5.74) is 16.5. The Bertz CT molecular complexity index is 2510. The summed E-state index contributed by atoms with van der Waals surface area (Å²) in [6, 6.07) is 5.28. The number of allylic oxidation sites excluding steroid dienone is 16. The van der Waals surface area contributed by atoms with E-state index in [0.717, 1.165) is 135 Å². The average molecular weight is 1370 g/mol. The van der Waals surface area contributed by atoms with E-state index in [0.29, 0.717) is 0 Å². The maximum absolute atomic E-state index is 6.10. The summed E-state index contributed by atoms with van der Waals surface area (Å²) in [7, 11) is 0. The average Bonchev–Trinajstić information content (AvgIpc) is 0.799. The van der Waals surface area contributed by atoms with Crippen molar-refractivity contribution in [1.29, 1.82) is 0 Å². The lowest BCUT2D eigenvalue weighted by atomic mass is 9.84. The first kappa shape index (κ1) is 91.8. The van der Waals surface area contributed by atoms with Crippen LogP contribution in [0.5, 0.6) is 0 Å². The first-order valence-corrected chi connectivity index (χ1v) is 44.1. The van der Waals surface area contributed by atoms with Crippen molar-refractivity contribution in [3.63, 3.8) is 0 Å². The van der Waals surface area contributed by atoms with E-state index >= 15 is 0 Å². The Hall–Kier alpha value is -4.30. The second-order valence-corrected chi connectivity index (χ2v) is 29.8. The van der Waals surface area contributed by atoms with Gasteiger partial charge in [0.2, 0.25) is 0 Å². The molecule has 0 N–H and O–H groups in total. The fraction of sp³-hybridized carbons (Fsp3) is 0.694.